The van der Waals surface area contributed by atoms with Gasteiger partial charge in [-0.1, -0.05) is 6.92 Å². The third-order valence-corrected chi connectivity index (χ3v) is 7.15. The molecule has 6 heteroatoms. The Morgan fingerprint density at radius 2 is 2.00 bits per heavy atom. The van der Waals surface area contributed by atoms with Gasteiger partial charge in [0.05, 0.1) is 11.5 Å². The second kappa shape index (κ2) is 6.30. The molecule has 0 aromatic heterocycles. The highest BCUT2D eigenvalue weighted by Gasteiger charge is 2.43. The number of nitrogens with zero attached hydrogens (tertiary/aromatic N) is 2. The van der Waals surface area contributed by atoms with E-state index in [9.17, 15) is 8.42 Å². The van der Waals surface area contributed by atoms with Crippen LogP contribution in [0.3, 0.4) is 0 Å². The number of likely N-dealkylation sites (tertiary alicyclic amines) is 1. The van der Waals surface area contributed by atoms with Crippen LogP contribution >= 0.6 is 0 Å². The number of sulfone groups is 1. The summed E-state index contributed by atoms with van der Waals surface area (Å²) in [6, 6.07) is 0.467. The number of hydrogen-bond donors (Lipinski definition) is 1. The van der Waals surface area contributed by atoms with Crippen LogP contribution in [0.1, 0.15) is 32.6 Å². The van der Waals surface area contributed by atoms with E-state index >= 15 is 0 Å². The first-order valence-corrected chi connectivity index (χ1v) is 9.60. The van der Waals surface area contributed by atoms with E-state index in [0.29, 0.717) is 18.3 Å². The van der Waals surface area contributed by atoms with Gasteiger partial charge in [0.15, 0.2) is 9.84 Å². The van der Waals surface area contributed by atoms with Gasteiger partial charge >= 0.3 is 0 Å². The molecule has 0 spiro atoms. The van der Waals surface area contributed by atoms with Gasteiger partial charge < -0.3 is 10.6 Å². The Balaban J connectivity index is 2.07. The van der Waals surface area contributed by atoms with Gasteiger partial charge in [-0.2, -0.15) is 0 Å². The number of hydrogen-bond acceptors (Lipinski definition) is 5. The monoisotopic (exact) mass is 303 g/mol. The maximum atomic E-state index is 12.0. The first-order valence-electron chi connectivity index (χ1n) is 7.78. The Kier molecular flexibility index (Phi) is 5.10. The molecule has 0 aliphatic carbocycles. The Morgan fingerprint density at radius 3 is 2.50 bits per heavy atom. The van der Waals surface area contributed by atoms with Crippen molar-refractivity contribution in [1.29, 1.82) is 0 Å². The van der Waals surface area contributed by atoms with Gasteiger partial charge in [-0.25, -0.2) is 8.42 Å². The summed E-state index contributed by atoms with van der Waals surface area (Å²) in [7, 11) is -0.850. The summed E-state index contributed by atoms with van der Waals surface area (Å²) < 4.78 is 24.0. The molecule has 1 atom stereocenters. The Bertz CT molecular complexity index is 418. The SMILES string of the molecule is CCN1CCC(N(C)C2(CN)CCCS(=O)(=O)C2)CC1. The molecule has 2 aliphatic rings. The largest absolute Gasteiger partial charge is 0.329 e. The Hall–Kier alpha value is -0.170. The lowest BCUT2D eigenvalue weighted by Gasteiger charge is -2.49. The Labute approximate surface area is 123 Å². The van der Waals surface area contributed by atoms with Crippen molar-refractivity contribution < 1.29 is 8.42 Å². The normalized spacial score (nSPS) is 32.6. The van der Waals surface area contributed by atoms with Gasteiger partial charge in [0, 0.05) is 18.1 Å². The van der Waals surface area contributed by atoms with Crippen molar-refractivity contribution in [1.82, 2.24) is 9.80 Å². The molecule has 118 valence electrons. The minimum Gasteiger partial charge on any atom is -0.329 e. The van der Waals surface area contributed by atoms with Crippen molar-refractivity contribution in [2.24, 2.45) is 5.73 Å². The van der Waals surface area contributed by atoms with Crippen LogP contribution in [0.15, 0.2) is 0 Å². The molecule has 0 radical (unpaired) electrons. The molecular weight excluding hydrogens is 274 g/mol. The van der Waals surface area contributed by atoms with Crippen LogP contribution < -0.4 is 5.73 Å². The predicted octanol–water partition coefficient (Wildman–Crippen LogP) is 0.309. The molecule has 0 aromatic carbocycles. The summed E-state index contributed by atoms with van der Waals surface area (Å²) in [5.74, 6) is 0.567. The molecule has 2 fully saturated rings. The fourth-order valence-corrected chi connectivity index (χ4v) is 5.78. The van der Waals surface area contributed by atoms with Crippen molar-refractivity contribution >= 4 is 9.84 Å². The van der Waals surface area contributed by atoms with Crippen molar-refractivity contribution in [3.8, 4) is 0 Å². The number of piperidine rings is 1. The molecule has 2 saturated heterocycles. The van der Waals surface area contributed by atoms with Gasteiger partial charge in [-0.15, -0.1) is 0 Å². The topological polar surface area (TPSA) is 66.6 Å². The summed E-state index contributed by atoms with van der Waals surface area (Å²) >= 11 is 0. The van der Waals surface area contributed by atoms with E-state index in [1.54, 1.807) is 0 Å². The van der Waals surface area contributed by atoms with Crippen molar-refractivity contribution in [3.05, 3.63) is 0 Å². The molecule has 0 aromatic rings. The number of likely N-dealkylation sites (N-methyl/N-ethyl adjacent to an activating group) is 1. The first kappa shape index (κ1) is 16.2. The standard InChI is InChI=1S/C14H29N3O2S/c1-3-17-8-5-13(6-9-17)16(2)14(11-15)7-4-10-20(18,19)12-14/h13H,3-12,15H2,1-2H3. The van der Waals surface area contributed by atoms with E-state index in [4.69, 9.17) is 5.73 Å². The fourth-order valence-electron chi connectivity index (χ4n) is 3.77. The maximum absolute atomic E-state index is 12.0. The van der Waals surface area contributed by atoms with E-state index < -0.39 is 9.84 Å². The highest BCUT2D eigenvalue weighted by atomic mass is 32.2. The van der Waals surface area contributed by atoms with Gasteiger partial charge in [-0.05, 0) is 52.4 Å². The molecule has 0 bridgehead atoms. The van der Waals surface area contributed by atoms with Crippen LogP contribution in [0.2, 0.25) is 0 Å². The zero-order valence-electron chi connectivity index (χ0n) is 12.8. The lowest BCUT2D eigenvalue weighted by Crippen LogP contribution is -2.62. The number of nitrogens with two attached hydrogens (primary N) is 1. The van der Waals surface area contributed by atoms with Crippen molar-refractivity contribution in [3.63, 3.8) is 0 Å². The van der Waals surface area contributed by atoms with E-state index in [1.807, 2.05) is 0 Å². The molecule has 5 nitrogen and oxygen atoms in total. The van der Waals surface area contributed by atoms with Gasteiger partial charge in [-0.3, -0.25) is 4.90 Å². The second-order valence-corrected chi connectivity index (χ2v) is 8.58. The highest BCUT2D eigenvalue weighted by molar-refractivity contribution is 7.91. The molecule has 2 heterocycles. The lowest BCUT2D eigenvalue weighted by molar-refractivity contribution is 0.0443. The van der Waals surface area contributed by atoms with E-state index in [1.165, 1.54) is 0 Å². The Morgan fingerprint density at radius 1 is 1.35 bits per heavy atom. The molecule has 0 saturated carbocycles. The zero-order valence-corrected chi connectivity index (χ0v) is 13.7. The fraction of sp³-hybridized carbons (Fsp3) is 1.00. The zero-order chi connectivity index (χ0) is 14.8. The summed E-state index contributed by atoms with van der Waals surface area (Å²) in [6.07, 6.45) is 3.89. The van der Waals surface area contributed by atoms with Crippen LogP contribution in [0, 0.1) is 0 Å². The molecule has 0 amide bonds. The third kappa shape index (κ3) is 3.35. The molecule has 20 heavy (non-hydrogen) atoms. The smallest absolute Gasteiger partial charge is 0.152 e. The van der Waals surface area contributed by atoms with Gasteiger partial charge in [0.1, 0.15) is 0 Å². The van der Waals surface area contributed by atoms with Crippen LogP contribution in [0.4, 0.5) is 0 Å². The minimum atomic E-state index is -2.93. The van der Waals surface area contributed by atoms with Gasteiger partial charge in [0.25, 0.3) is 0 Å². The lowest BCUT2D eigenvalue weighted by atomic mass is 9.89. The predicted molar refractivity (Wildman–Crippen MR) is 82.6 cm³/mol. The highest BCUT2D eigenvalue weighted by Crippen LogP contribution is 2.31. The van der Waals surface area contributed by atoms with Crippen LogP contribution in [0.25, 0.3) is 0 Å². The van der Waals surface area contributed by atoms with E-state index in [0.717, 1.165) is 45.3 Å². The maximum Gasteiger partial charge on any atom is 0.152 e. The van der Waals surface area contributed by atoms with E-state index in [2.05, 4.69) is 23.8 Å². The molecule has 1 unspecified atom stereocenters. The van der Waals surface area contributed by atoms with E-state index in [-0.39, 0.29) is 11.3 Å². The summed E-state index contributed by atoms with van der Waals surface area (Å²) in [5, 5.41) is 0. The van der Waals surface area contributed by atoms with Crippen molar-refractivity contribution in [2.75, 3.05) is 44.7 Å². The summed E-state index contributed by atoms with van der Waals surface area (Å²) in [5.41, 5.74) is 5.67. The third-order valence-electron chi connectivity index (χ3n) is 5.27. The average molecular weight is 303 g/mol. The molecule has 2 N–H and O–H groups in total. The number of rotatable bonds is 4. The second-order valence-electron chi connectivity index (χ2n) is 6.40. The molecule has 2 rings (SSSR count). The average Bonchev–Trinajstić information content (AvgIpc) is 2.45. The summed E-state index contributed by atoms with van der Waals surface area (Å²) in [4.78, 5) is 4.76. The summed E-state index contributed by atoms with van der Waals surface area (Å²) in [6.45, 7) is 5.96. The van der Waals surface area contributed by atoms with Crippen LogP contribution in [0.5, 0.6) is 0 Å². The molecular formula is C14H29N3O2S. The minimum absolute atomic E-state index is 0.237. The van der Waals surface area contributed by atoms with Crippen molar-refractivity contribution in [2.45, 2.75) is 44.2 Å². The first-order chi connectivity index (χ1) is 9.42. The quantitative estimate of drug-likeness (QED) is 0.809. The van der Waals surface area contributed by atoms with Crippen LogP contribution in [-0.2, 0) is 9.84 Å². The van der Waals surface area contributed by atoms with Gasteiger partial charge in [0.2, 0.25) is 0 Å². The van der Waals surface area contributed by atoms with Crippen LogP contribution in [-0.4, -0.2) is 74.5 Å². The molecule has 2 aliphatic heterocycles.